The van der Waals surface area contributed by atoms with E-state index in [0.29, 0.717) is 41.7 Å². The molecule has 2 aromatic carbocycles. The average Bonchev–Trinajstić information content (AvgIpc) is 2.65. The summed E-state index contributed by atoms with van der Waals surface area (Å²) in [7, 11) is 4.66. The molecule has 0 saturated carbocycles. The zero-order valence-electron chi connectivity index (χ0n) is 14.9. The maximum Gasteiger partial charge on any atom is 0.255 e. The zero-order valence-corrected chi connectivity index (χ0v) is 14.9. The number of para-hydroxylation sites is 1. The normalized spacial score (nSPS) is 10.1. The van der Waals surface area contributed by atoms with Crippen LogP contribution in [0.2, 0.25) is 0 Å². The number of carbonyl (C=O) groups is 1. The van der Waals surface area contributed by atoms with Crippen molar-refractivity contribution in [1.82, 2.24) is 5.32 Å². The summed E-state index contributed by atoms with van der Waals surface area (Å²) in [5, 5.41) is 2.88. The number of hydrogen-bond acceptors (Lipinski definition) is 5. The first-order valence-corrected chi connectivity index (χ1v) is 7.93. The van der Waals surface area contributed by atoms with Gasteiger partial charge in [-0.05, 0) is 36.8 Å². The zero-order chi connectivity index (χ0) is 18.2. The van der Waals surface area contributed by atoms with Gasteiger partial charge in [-0.3, -0.25) is 4.79 Å². The van der Waals surface area contributed by atoms with Gasteiger partial charge in [0.1, 0.15) is 5.75 Å². The van der Waals surface area contributed by atoms with E-state index in [9.17, 15) is 4.79 Å². The van der Waals surface area contributed by atoms with Gasteiger partial charge in [-0.15, -0.1) is 0 Å². The van der Waals surface area contributed by atoms with Gasteiger partial charge >= 0.3 is 0 Å². The molecule has 1 amide bonds. The second kappa shape index (κ2) is 8.82. The summed E-state index contributed by atoms with van der Waals surface area (Å²) >= 11 is 0. The lowest BCUT2D eigenvalue weighted by molar-refractivity contribution is 0.0947. The van der Waals surface area contributed by atoms with Crippen molar-refractivity contribution >= 4 is 5.91 Å². The lowest BCUT2D eigenvalue weighted by atomic mass is 10.1. The topological polar surface area (TPSA) is 66.0 Å². The number of hydrogen-bond donors (Lipinski definition) is 1. The molecular formula is C19H23NO5. The van der Waals surface area contributed by atoms with Gasteiger partial charge in [0.05, 0.1) is 33.5 Å². The van der Waals surface area contributed by atoms with Gasteiger partial charge in [-0.2, -0.15) is 0 Å². The first-order valence-electron chi connectivity index (χ1n) is 7.93. The van der Waals surface area contributed by atoms with Crippen molar-refractivity contribution in [3.8, 4) is 23.0 Å². The Morgan fingerprint density at radius 3 is 2.16 bits per heavy atom. The minimum atomic E-state index is -0.210. The van der Waals surface area contributed by atoms with Crippen LogP contribution in [0.5, 0.6) is 23.0 Å². The minimum Gasteiger partial charge on any atom is -0.493 e. The molecule has 0 bridgehead atoms. The van der Waals surface area contributed by atoms with Crippen molar-refractivity contribution in [2.75, 3.05) is 27.9 Å². The summed E-state index contributed by atoms with van der Waals surface area (Å²) < 4.78 is 21.4. The van der Waals surface area contributed by atoms with Gasteiger partial charge in [0.15, 0.2) is 11.5 Å². The molecule has 0 heterocycles. The summed E-state index contributed by atoms with van der Waals surface area (Å²) in [4.78, 5) is 12.5. The molecule has 0 fully saturated rings. The van der Waals surface area contributed by atoms with Crippen LogP contribution in [0.1, 0.15) is 22.8 Å². The Kier molecular flexibility index (Phi) is 6.51. The van der Waals surface area contributed by atoms with Crippen molar-refractivity contribution in [3.05, 3.63) is 47.5 Å². The highest BCUT2D eigenvalue weighted by Gasteiger charge is 2.15. The summed E-state index contributed by atoms with van der Waals surface area (Å²) in [6.45, 7) is 2.69. The lowest BCUT2D eigenvalue weighted by Crippen LogP contribution is -2.23. The smallest absolute Gasteiger partial charge is 0.255 e. The second-order valence-electron chi connectivity index (χ2n) is 5.15. The van der Waals surface area contributed by atoms with Gasteiger partial charge in [-0.1, -0.05) is 12.1 Å². The summed E-state index contributed by atoms with van der Waals surface area (Å²) in [5.74, 6) is 1.95. The first-order chi connectivity index (χ1) is 12.1. The summed E-state index contributed by atoms with van der Waals surface area (Å²) in [5.41, 5.74) is 1.33. The predicted molar refractivity (Wildman–Crippen MR) is 94.9 cm³/mol. The second-order valence-corrected chi connectivity index (χ2v) is 5.15. The maximum absolute atomic E-state index is 12.5. The van der Waals surface area contributed by atoms with Gasteiger partial charge in [0.25, 0.3) is 5.91 Å². The van der Waals surface area contributed by atoms with E-state index < -0.39 is 0 Å². The van der Waals surface area contributed by atoms with Crippen molar-refractivity contribution in [2.24, 2.45) is 0 Å². The molecule has 0 aliphatic rings. The molecule has 134 valence electrons. The van der Waals surface area contributed by atoms with E-state index in [0.717, 1.165) is 5.56 Å². The van der Waals surface area contributed by atoms with Crippen LogP contribution in [0.25, 0.3) is 0 Å². The van der Waals surface area contributed by atoms with Gasteiger partial charge in [0.2, 0.25) is 5.75 Å². The average molecular weight is 345 g/mol. The Balaban J connectivity index is 2.17. The molecule has 0 spiro atoms. The van der Waals surface area contributed by atoms with Crippen molar-refractivity contribution in [2.45, 2.75) is 13.5 Å². The summed E-state index contributed by atoms with van der Waals surface area (Å²) in [6.07, 6.45) is 0. The predicted octanol–water partition coefficient (Wildman–Crippen LogP) is 3.04. The summed E-state index contributed by atoms with van der Waals surface area (Å²) in [6, 6.07) is 10.7. The van der Waals surface area contributed by atoms with E-state index in [1.807, 2.05) is 13.0 Å². The van der Waals surface area contributed by atoms with E-state index in [1.54, 1.807) is 51.7 Å². The highest BCUT2D eigenvalue weighted by Crippen LogP contribution is 2.38. The fourth-order valence-corrected chi connectivity index (χ4v) is 2.45. The Morgan fingerprint density at radius 1 is 0.960 bits per heavy atom. The molecule has 0 aliphatic carbocycles. The first kappa shape index (κ1) is 18.4. The van der Waals surface area contributed by atoms with Crippen molar-refractivity contribution in [1.29, 1.82) is 0 Å². The number of ether oxygens (including phenoxy) is 4. The maximum atomic E-state index is 12.5. The molecule has 0 aliphatic heterocycles. The molecule has 6 heteroatoms. The standard InChI is InChI=1S/C19H23NO5/c1-5-25-15-9-7-6-8-14(15)19(21)20-12-13-10-16(22-2)18(24-4)17(11-13)23-3/h6-11H,5,12H2,1-4H3,(H,20,21). The van der Waals surface area contributed by atoms with E-state index >= 15 is 0 Å². The van der Waals surface area contributed by atoms with Crippen LogP contribution in [0.3, 0.4) is 0 Å². The number of carbonyl (C=O) groups excluding carboxylic acids is 1. The quantitative estimate of drug-likeness (QED) is 0.796. The molecule has 25 heavy (non-hydrogen) atoms. The number of rotatable bonds is 8. The van der Waals surface area contributed by atoms with Crippen LogP contribution >= 0.6 is 0 Å². The lowest BCUT2D eigenvalue weighted by Gasteiger charge is -2.15. The monoisotopic (exact) mass is 345 g/mol. The SMILES string of the molecule is CCOc1ccccc1C(=O)NCc1cc(OC)c(OC)c(OC)c1. The molecule has 0 aromatic heterocycles. The molecule has 0 radical (unpaired) electrons. The van der Waals surface area contributed by atoms with E-state index in [-0.39, 0.29) is 5.91 Å². The van der Waals surface area contributed by atoms with Crippen LogP contribution in [0.4, 0.5) is 0 Å². The van der Waals surface area contributed by atoms with Crippen LogP contribution in [-0.2, 0) is 6.54 Å². The number of amides is 1. The van der Waals surface area contributed by atoms with Crippen LogP contribution in [0.15, 0.2) is 36.4 Å². The molecule has 6 nitrogen and oxygen atoms in total. The Bertz CT molecular complexity index is 704. The van der Waals surface area contributed by atoms with E-state index in [1.165, 1.54) is 0 Å². The molecular weight excluding hydrogens is 322 g/mol. The molecule has 0 saturated heterocycles. The highest BCUT2D eigenvalue weighted by atomic mass is 16.5. The largest absolute Gasteiger partial charge is 0.493 e. The third-order valence-corrected chi connectivity index (χ3v) is 3.61. The van der Waals surface area contributed by atoms with Crippen LogP contribution < -0.4 is 24.3 Å². The third kappa shape index (κ3) is 4.35. The van der Waals surface area contributed by atoms with Gasteiger partial charge in [-0.25, -0.2) is 0 Å². The minimum absolute atomic E-state index is 0.210. The van der Waals surface area contributed by atoms with Crippen LogP contribution in [0, 0.1) is 0 Å². The van der Waals surface area contributed by atoms with Crippen LogP contribution in [-0.4, -0.2) is 33.8 Å². The number of methoxy groups -OCH3 is 3. The Labute approximate surface area is 147 Å². The molecule has 2 aromatic rings. The number of nitrogens with one attached hydrogen (secondary N) is 1. The molecule has 0 atom stereocenters. The fraction of sp³-hybridized carbons (Fsp3) is 0.316. The Morgan fingerprint density at radius 2 is 1.60 bits per heavy atom. The molecule has 2 rings (SSSR count). The number of benzene rings is 2. The highest BCUT2D eigenvalue weighted by molar-refractivity contribution is 5.96. The Hall–Kier alpha value is -2.89. The van der Waals surface area contributed by atoms with Gasteiger partial charge in [0, 0.05) is 6.54 Å². The van der Waals surface area contributed by atoms with E-state index in [4.69, 9.17) is 18.9 Å². The fourth-order valence-electron chi connectivity index (χ4n) is 2.45. The molecule has 0 unspecified atom stereocenters. The van der Waals surface area contributed by atoms with Crippen molar-refractivity contribution < 1.29 is 23.7 Å². The van der Waals surface area contributed by atoms with E-state index in [2.05, 4.69) is 5.32 Å². The third-order valence-electron chi connectivity index (χ3n) is 3.61. The van der Waals surface area contributed by atoms with Gasteiger partial charge < -0.3 is 24.3 Å². The van der Waals surface area contributed by atoms with Crippen molar-refractivity contribution in [3.63, 3.8) is 0 Å². The molecule has 1 N–H and O–H groups in total.